The minimum atomic E-state index is 0.901. The molecule has 0 aliphatic carbocycles. The minimum Gasteiger partial charge on any atom is -0.464 e. The summed E-state index contributed by atoms with van der Waals surface area (Å²) in [5.74, 6) is 0. The Morgan fingerprint density at radius 2 is 0.841 bits per heavy atom. The van der Waals surface area contributed by atoms with Gasteiger partial charge in [-0.15, -0.1) is 0 Å². The zero-order valence-corrected chi connectivity index (χ0v) is 23.7. The Morgan fingerprint density at radius 1 is 0.341 bits per heavy atom. The molecule has 204 valence electrons. The summed E-state index contributed by atoms with van der Waals surface area (Å²) < 4.78 is 12.7. The second kappa shape index (κ2) is 8.82. The normalized spacial score (nSPS) is 12.1. The van der Waals surface area contributed by atoms with Gasteiger partial charge < -0.3 is 8.83 Å². The molecule has 0 fully saturated rings. The van der Waals surface area contributed by atoms with Gasteiger partial charge in [0.2, 0.25) is 0 Å². The molecule has 0 atom stereocenters. The average Bonchev–Trinajstić information content (AvgIpc) is 3.65. The van der Waals surface area contributed by atoms with Crippen LogP contribution < -0.4 is 0 Å². The topological polar surface area (TPSA) is 26.3 Å². The third kappa shape index (κ3) is 3.25. The van der Waals surface area contributed by atoms with Gasteiger partial charge in [0.1, 0.15) is 16.7 Å². The van der Waals surface area contributed by atoms with Crippen molar-refractivity contribution in [1.29, 1.82) is 0 Å². The van der Waals surface area contributed by atoms with Gasteiger partial charge in [0, 0.05) is 27.3 Å². The van der Waals surface area contributed by atoms with E-state index >= 15 is 0 Å². The number of hydrogen-bond donors (Lipinski definition) is 0. The first-order valence-electron chi connectivity index (χ1n) is 15.0. The van der Waals surface area contributed by atoms with Crippen molar-refractivity contribution in [2.45, 2.75) is 0 Å². The Balaban J connectivity index is 1.35. The van der Waals surface area contributed by atoms with Crippen LogP contribution in [-0.2, 0) is 0 Å². The second-order valence-electron chi connectivity index (χ2n) is 11.7. The van der Waals surface area contributed by atoms with Crippen LogP contribution in [0, 0.1) is 0 Å². The van der Waals surface area contributed by atoms with E-state index in [4.69, 9.17) is 8.83 Å². The molecule has 2 aromatic heterocycles. The molecule has 0 unspecified atom stereocenters. The lowest BCUT2D eigenvalue weighted by Gasteiger charge is -2.17. The summed E-state index contributed by atoms with van der Waals surface area (Å²) in [6, 6.07) is 49.9. The Bertz CT molecular complexity index is 2720. The van der Waals surface area contributed by atoms with Gasteiger partial charge in [0.05, 0.1) is 6.26 Å². The highest BCUT2D eigenvalue weighted by molar-refractivity contribution is 6.27. The van der Waals surface area contributed by atoms with Crippen LogP contribution in [0.1, 0.15) is 0 Å². The number of benzene rings is 8. The molecule has 0 amide bonds. The lowest BCUT2D eigenvalue weighted by Crippen LogP contribution is -1.91. The first kappa shape index (κ1) is 23.7. The maximum absolute atomic E-state index is 6.50. The Morgan fingerprint density at radius 3 is 1.45 bits per heavy atom. The first-order chi connectivity index (χ1) is 21.8. The van der Waals surface area contributed by atoms with E-state index in [1.807, 2.05) is 6.26 Å². The van der Waals surface area contributed by atoms with Gasteiger partial charge in [0.15, 0.2) is 0 Å². The standard InChI is InChI=1S/C42H24O2/c1-3-12-27-22-38-34(20-25(27)10-1)36(24-43-38)41-31-16-7-5-14-29(31)40(30-15-6-8-17-32(30)41)33-18-9-19-37-42(33)35-21-26-11-2-4-13-28(26)23-39(35)44-37/h1-24H. The van der Waals surface area contributed by atoms with Crippen LogP contribution in [0.25, 0.3) is 98.3 Å². The summed E-state index contributed by atoms with van der Waals surface area (Å²) in [5, 5.41) is 13.0. The smallest absolute Gasteiger partial charge is 0.136 e. The fourth-order valence-electron chi connectivity index (χ4n) is 7.34. The number of rotatable bonds is 2. The van der Waals surface area contributed by atoms with Crippen LogP contribution in [0.4, 0.5) is 0 Å². The second-order valence-corrected chi connectivity index (χ2v) is 11.7. The Kier molecular flexibility index (Phi) is 4.75. The number of fused-ring (bicyclic) bond motifs is 8. The highest BCUT2D eigenvalue weighted by Crippen LogP contribution is 2.48. The molecule has 10 aromatic rings. The Hall–Kier alpha value is -5.86. The van der Waals surface area contributed by atoms with Gasteiger partial charge in [-0.05, 0) is 84.5 Å². The predicted octanol–water partition coefficient (Wildman–Crippen LogP) is 12.3. The molecule has 2 heterocycles. The summed E-state index contributed by atoms with van der Waals surface area (Å²) in [7, 11) is 0. The Labute approximate surface area is 252 Å². The molecular weight excluding hydrogens is 536 g/mol. The third-order valence-corrected chi connectivity index (χ3v) is 9.28. The number of furan rings is 2. The molecule has 0 saturated carbocycles. The van der Waals surface area contributed by atoms with Gasteiger partial charge in [-0.25, -0.2) is 0 Å². The van der Waals surface area contributed by atoms with E-state index in [0.717, 1.165) is 38.5 Å². The fraction of sp³-hybridized carbons (Fsp3) is 0. The van der Waals surface area contributed by atoms with Crippen molar-refractivity contribution >= 4 is 76.0 Å². The van der Waals surface area contributed by atoms with Gasteiger partial charge in [-0.1, -0.05) is 109 Å². The first-order valence-corrected chi connectivity index (χ1v) is 15.0. The van der Waals surface area contributed by atoms with Crippen molar-refractivity contribution < 1.29 is 8.83 Å². The molecule has 0 radical (unpaired) electrons. The SMILES string of the molecule is c1ccc2cc3c(-c4c5ccccc5c(-c5cccc6oc7cc8ccccc8cc7c56)c5ccccc45)coc3cc2c1. The van der Waals surface area contributed by atoms with E-state index in [1.54, 1.807) is 0 Å². The monoisotopic (exact) mass is 560 g/mol. The zero-order valence-electron chi connectivity index (χ0n) is 23.7. The molecule has 8 aromatic carbocycles. The van der Waals surface area contributed by atoms with Crippen molar-refractivity contribution in [3.05, 3.63) is 146 Å². The third-order valence-electron chi connectivity index (χ3n) is 9.28. The van der Waals surface area contributed by atoms with E-state index in [1.165, 1.54) is 59.8 Å². The molecule has 2 heteroatoms. The molecule has 0 aliphatic heterocycles. The van der Waals surface area contributed by atoms with Crippen LogP contribution in [0.2, 0.25) is 0 Å². The molecule has 0 bridgehead atoms. The fourth-order valence-corrected chi connectivity index (χ4v) is 7.34. The maximum atomic E-state index is 6.50. The van der Waals surface area contributed by atoms with Crippen molar-refractivity contribution in [3.8, 4) is 22.3 Å². The van der Waals surface area contributed by atoms with Crippen LogP contribution >= 0.6 is 0 Å². The zero-order chi connectivity index (χ0) is 28.8. The van der Waals surface area contributed by atoms with Crippen molar-refractivity contribution in [2.24, 2.45) is 0 Å². The number of hydrogen-bond acceptors (Lipinski definition) is 2. The van der Waals surface area contributed by atoms with Gasteiger partial charge in [-0.3, -0.25) is 0 Å². The van der Waals surface area contributed by atoms with E-state index in [2.05, 4.69) is 140 Å². The summed E-state index contributed by atoms with van der Waals surface area (Å²) in [5.41, 5.74) is 7.43. The molecule has 0 N–H and O–H groups in total. The lowest BCUT2D eigenvalue weighted by atomic mass is 9.84. The van der Waals surface area contributed by atoms with Crippen molar-refractivity contribution in [3.63, 3.8) is 0 Å². The highest BCUT2D eigenvalue weighted by Gasteiger charge is 2.22. The molecule has 10 rings (SSSR count). The van der Waals surface area contributed by atoms with E-state index in [0.29, 0.717) is 0 Å². The molecule has 0 spiro atoms. The van der Waals surface area contributed by atoms with Crippen LogP contribution in [-0.4, -0.2) is 0 Å². The molecular formula is C42H24O2. The summed E-state index contributed by atoms with van der Waals surface area (Å²) in [6.45, 7) is 0. The summed E-state index contributed by atoms with van der Waals surface area (Å²) >= 11 is 0. The highest BCUT2D eigenvalue weighted by atomic mass is 16.3. The van der Waals surface area contributed by atoms with Gasteiger partial charge >= 0.3 is 0 Å². The van der Waals surface area contributed by atoms with E-state index in [9.17, 15) is 0 Å². The van der Waals surface area contributed by atoms with Crippen LogP contribution in [0.5, 0.6) is 0 Å². The van der Waals surface area contributed by atoms with Crippen LogP contribution in [0.3, 0.4) is 0 Å². The minimum absolute atomic E-state index is 0.901. The quantitative estimate of drug-likeness (QED) is 0.197. The van der Waals surface area contributed by atoms with E-state index in [-0.39, 0.29) is 0 Å². The largest absolute Gasteiger partial charge is 0.464 e. The summed E-state index contributed by atoms with van der Waals surface area (Å²) in [6.07, 6.45) is 1.94. The van der Waals surface area contributed by atoms with E-state index < -0.39 is 0 Å². The molecule has 44 heavy (non-hydrogen) atoms. The average molecular weight is 561 g/mol. The molecule has 2 nitrogen and oxygen atoms in total. The predicted molar refractivity (Wildman–Crippen MR) is 184 cm³/mol. The van der Waals surface area contributed by atoms with Gasteiger partial charge in [0.25, 0.3) is 0 Å². The molecule has 0 saturated heterocycles. The van der Waals surface area contributed by atoms with Crippen molar-refractivity contribution in [2.75, 3.05) is 0 Å². The lowest BCUT2D eigenvalue weighted by molar-refractivity contribution is 0.617. The molecule has 0 aliphatic rings. The summed E-state index contributed by atoms with van der Waals surface area (Å²) in [4.78, 5) is 0. The van der Waals surface area contributed by atoms with Gasteiger partial charge in [-0.2, -0.15) is 0 Å². The maximum Gasteiger partial charge on any atom is 0.136 e. The van der Waals surface area contributed by atoms with Crippen LogP contribution in [0.15, 0.2) is 155 Å². The van der Waals surface area contributed by atoms with Crippen molar-refractivity contribution in [1.82, 2.24) is 0 Å².